The molecule has 6 heteroatoms. The molecule has 0 unspecified atom stereocenters. The van der Waals surface area contributed by atoms with Crippen molar-refractivity contribution in [2.45, 2.75) is 0 Å². The molecule has 2 heterocycles. The van der Waals surface area contributed by atoms with Gasteiger partial charge < -0.3 is 14.8 Å². The van der Waals surface area contributed by atoms with Crippen LogP contribution in [-0.2, 0) is 0 Å². The number of nitrogens with one attached hydrogen (secondary N) is 1. The van der Waals surface area contributed by atoms with E-state index in [1.54, 1.807) is 23.5 Å². The number of nitrogens with zero attached hydrogens (tertiary/aromatic N) is 2. The predicted octanol–water partition coefficient (Wildman–Crippen LogP) is 5.48. The van der Waals surface area contributed by atoms with E-state index in [0.29, 0.717) is 5.75 Å². The van der Waals surface area contributed by atoms with E-state index in [2.05, 4.69) is 11.1 Å². The lowest BCUT2D eigenvalue weighted by Crippen LogP contribution is -1.91. The second-order valence-corrected chi connectivity index (χ2v) is 7.61. The summed E-state index contributed by atoms with van der Waals surface area (Å²) in [6, 6.07) is 21.3. The van der Waals surface area contributed by atoms with Crippen molar-refractivity contribution in [3.8, 4) is 11.5 Å². The van der Waals surface area contributed by atoms with Crippen LogP contribution in [0.2, 0.25) is 0 Å². The van der Waals surface area contributed by atoms with Gasteiger partial charge in [0.2, 0.25) is 0 Å². The Bertz CT molecular complexity index is 1230. The number of rotatable bonds is 4. The van der Waals surface area contributed by atoms with Crippen LogP contribution in [0.1, 0.15) is 16.4 Å². The Morgan fingerprint density at radius 1 is 1.00 bits per heavy atom. The van der Waals surface area contributed by atoms with Gasteiger partial charge in [0.05, 0.1) is 33.9 Å². The normalized spacial score (nSPS) is 12.0. The molecule has 0 aliphatic carbocycles. The van der Waals surface area contributed by atoms with Gasteiger partial charge >= 0.3 is 0 Å². The fraction of sp³-hybridized carbons (Fsp3) is 0.0435. The largest absolute Gasteiger partial charge is 0.504 e. The molecular weight excluding hydrogens is 382 g/mol. The molecule has 0 fully saturated rings. The van der Waals surface area contributed by atoms with E-state index in [1.807, 2.05) is 54.6 Å². The molecule has 0 atom stereocenters. The first-order valence-electron chi connectivity index (χ1n) is 9.11. The summed E-state index contributed by atoms with van der Waals surface area (Å²) in [4.78, 5) is 13.0. The number of methoxy groups -OCH3 is 1. The molecular formula is C23H17N3O2S. The van der Waals surface area contributed by atoms with Crippen LogP contribution >= 0.6 is 11.3 Å². The summed E-state index contributed by atoms with van der Waals surface area (Å²) in [6.07, 6.45) is 1.98. The van der Waals surface area contributed by atoms with Gasteiger partial charge in [0, 0.05) is 0 Å². The SMILES string of the molecule is COc1ccc(/C=C(\c2nc3ccccc3[nH]2)c2nc3ccccc3s2)cc1O. The monoisotopic (exact) mass is 399 g/mol. The Morgan fingerprint density at radius 2 is 1.79 bits per heavy atom. The first-order valence-corrected chi connectivity index (χ1v) is 9.93. The number of fused-ring (bicyclic) bond motifs is 2. The smallest absolute Gasteiger partial charge is 0.160 e. The number of ether oxygens (including phenoxy) is 1. The Kier molecular flexibility index (Phi) is 4.26. The number of benzene rings is 3. The third kappa shape index (κ3) is 3.23. The Balaban J connectivity index is 1.70. The minimum absolute atomic E-state index is 0.0921. The van der Waals surface area contributed by atoms with Crippen molar-refractivity contribution >= 4 is 44.2 Å². The van der Waals surface area contributed by atoms with Gasteiger partial charge in [-0.25, -0.2) is 9.97 Å². The standard InChI is InChI=1S/C23H17N3O2S/c1-28-20-11-10-14(13-19(20)27)12-15(22-24-16-6-2-3-7-17(16)25-22)23-26-18-8-4-5-9-21(18)29-23/h2-13,27H,1H3,(H,24,25)/b15-12+. The third-order valence-electron chi connectivity index (χ3n) is 4.68. The van der Waals surface area contributed by atoms with Gasteiger partial charge in [-0.3, -0.25) is 0 Å². The van der Waals surface area contributed by atoms with Crippen LogP contribution in [0.15, 0.2) is 66.7 Å². The zero-order valence-corrected chi connectivity index (χ0v) is 16.4. The van der Waals surface area contributed by atoms with Crippen molar-refractivity contribution in [2.75, 3.05) is 7.11 Å². The lowest BCUT2D eigenvalue weighted by Gasteiger charge is -2.05. The van der Waals surface area contributed by atoms with E-state index in [9.17, 15) is 5.11 Å². The zero-order valence-electron chi connectivity index (χ0n) is 15.6. The first kappa shape index (κ1) is 17.5. The van der Waals surface area contributed by atoms with Crippen LogP contribution in [0.3, 0.4) is 0 Å². The number of thiazole rings is 1. The summed E-state index contributed by atoms with van der Waals surface area (Å²) < 4.78 is 6.27. The molecule has 0 aliphatic rings. The highest BCUT2D eigenvalue weighted by atomic mass is 32.1. The van der Waals surface area contributed by atoms with Gasteiger partial charge in [0.25, 0.3) is 0 Å². The van der Waals surface area contributed by atoms with Gasteiger partial charge in [-0.1, -0.05) is 30.3 Å². The molecule has 0 saturated heterocycles. The molecule has 2 N–H and O–H groups in total. The lowest BCUT2D eigenvalue weighted by atomic mass is 10.1. The molecule has 0 bridgehead atoms. The topological polar surface area (TPSA) is 71.0 Å². The average molecular weight is 399 g/mol. The molecule has 0 aliphatic heterocycles. The number of hydrogen-bond acceptors (Lipinski definition) is 5. The third-order valence-corrected chi connectivity index (χ3v) is 5.75. The summed E-state index contributed by atoms with van der Waals surface area (Å²) in [6.45, 7) is 0. The van der Waals surface area contributed by atoms with Gasteiger partial charge in [0.1, 0.15) is 10.8 Å². The maximum atomic E-state index is 10.2. The second kappa shape index (κ2) is 7.07. The van der Waals surface area contributed by atoms with Crippen LogP contribution in [0.4, 0.5) is 0 Å². The van der Waals surface area contributed by atoms with E-state index < -0.39 is 0 Å². The number of phenolic OH excluding ortho intramolecular Hbond substituents is 1. The molecule has 0 spiro atoms. The predicted molar refractivity (Wildman–Crippen MR) is 117 cm³/mol. The molecule has 5 aromatic rings. The van der Waals surface area contributed by atoms with Crippen LogP contribution in [0.5, 0.6) is 11.5 Å². The van der Waals surface area contributed by atoms with E-state index in [1.165, 1.54) is 7.11 Å². The maximum Gasteiger partial charge on any atom is 0.160 e. The molecule has 0 amide bonds. The summed E-state index contributed by atoms with van der Waals surface area (Å²) in [5, 5.41) is 11.0. The van der Waals surface area contributed by atoms with Gasteiger partial charge in [-0.05, 0) is 48.0 Å². The average Bonchev–Trinajstić information content (AvgIpc) is 3.36. The summed E-state index contributed by atoms with van der Waals surface area (Å²) in [5.41, 5.74) is 4.51. The number of aromatic amines is 1. The van der Waals surface area contributed by atoms with Gasteiger partial charge in [-0.15, -0.1) is 11.3 Å². The van der Waals surface area contributed by atoms with Crippen molar-refractivity contribution in [3.63, 3.8) is 0 Å². The Hall–Kier alpha value is -3.64. The molecule has 29 heavy (non-hydrogen) atoms. The first-order chi connectivity index (χ1) is 14.2. The van der Waals surface area contributed by atoms with Crippen molar-refractivity contribution in [1.82, 2.24) is 15.0 Å². The van der Waals surface area contributed by atoms with Crippen LogP contribution in [0.25, 0.3) is 32.9 Å². The zero-order chi connectivity index (χ0) is 19.8. The highest BCUT2D eigenvalue weighted by molar-refractivity contribution is 7.19. The minimum atomic E-state index is 0.0921. The van der Waals surface area contributed by atoms with E-state index in [0.717, 1.165) is 43.2 Å². The Labute approximate surface area is 171 Å². The molecule has 142 valence electrons. The van der Waals surface area contributed by atoms with Gasteiger partial charge in [0.15, 0.2) is 11.5 Å². The number of imidazole rings is 1. The molecule has 0 saturated carbocycles. The number of H-pyrrole nitrogens is 1. The molecule has 5 nitrogen and oxygen atoms in total. The summed E-state index contributed by atoms with van der Waals surface area (Å²) in [5.74, 6) is 1.27. The van der Waals surface area contributed by atoms with Crippen LogP contribution in [-0.4, -0.2) is 27.2 Å². The second-order valence-electron chi connectivity index (χ2n) is 6.58. The minimum Gasteiger partial charge on any atom is -0.504 e. The number of para-hydroxylation sites is 3. The summed E-state index contributed by atoms with van der Waals surface area (Å²) >= 11 is 1.61. The Morgan fingerprint density at radius 3 is 2.55 bits per heavy atom. The van der Waals surface area contributed by atoms with E-state index in [-0.39, 0.29) is 5.75 Å². The van der Waals surface area contributed by atoms with Crippen molar-refractivity contribution in [1.29, 1.82) is 0 Å². The molecule has 5 rings (SSSR count). The van der Waals surface area contributed by atoms with Gasteiger partial charge in [-0.2, -0.15) is 0 Å². The molecule has 3 aromatic carbocycles. The summed E-state index contributed by atoms with van der Waals surface area (Å²) in [7, 11) is 1.53. The van der Waals surface area contributed by atoms with Crippen molar-refractivity contribution < 1.29 is 9.84 Å². The van der Waals surface area contributed by atoms with E-state index >= 15 is 0 Å². The maximum absolute atomic E-state index is 10.2. The fourth-order valence-electron chi connectivity index (χ4n) is 3.26. The lowest BCUT2D eigenvalue weighted by molar-refractivity contribution is 0.373. The number of hydrogen-bond donors (Lipinski definition) is 2. The quantitative estimate of drug-likeness (QED) is 0.420. The van der Waals surface area contributed by atoms with Crippen LogP contribution in [0, 0.1) is 0 Å². The molecule has 2 aromatic heterocycles. The van der Waals surface area contributed by atoms with E-state index in [4.69, 9.17) is 14.7 Å². The highest BCUT2D eigenvalue weighted by Crippen LogP contribution is 2.34. The van der Waals surface area contributed by atoms with Crippen molar-refractivity contribution in [3.05, 3.63) is 83.1 Å². The number of phenols is 1. The number of aromatic nitrogens is 3. The molecule has 0 radical (unpaired) electrons. The van der Waals surface area contributed by atoms with Crippen molar-refractivity contribution in [2.24, 2.45) is 0 Å². The van der Waals surface area contributed by atoms with Crippen LogP contribution < -0.4 is 4.74 Å². The highest BCUT2D eigenvalue weighted by Gasteiger charge is 2.15. The fourth-order valence-corrected chi connectivity index (χ4v) is 4.25. The number of aromatic hydroxyl groups is 1.